The summed E-state index contributed by atoms with van der Waals surface area (Å²) in [5.41, 5.74) is 1.17. The van der Waals surface area contributed by atoms with Crippen LogP contribution in [-0.4, -0.2) is 28.7 Å². The molecule has 0 bridgehead atoms. The summed E-state index contributed by atoms with van der Waals surface area (Å²) in [5, 5.41) is 4.86. The minimum atomic E-state index is -0.955. The summed E-state index contributed by atoms with van der Waals surface area (Å²) < 4.78 is 6.03. The third-order valence-corrected chi connectivity index (χ3v) is 5.69. The molecule has 0 saturated carbocycles. The molecule has 4 aromatic carbocycles. The van der Waals surface area contributed by atoms with E-state index in [0.717, 1.165) is 21.4 Å². The quantitative estimate of drug-likeness (QED) is 0.433. The number of imide groups is 1. The molecular weight excluding hydrogens is 416 g/mol. The van der Waals surface area contributed by atoms with Crippen molar-refractivity contribution >= 4 is 34.2 Å². The highest BCUT2D eigenvalue weighted by molar-refractivity contribution is 6.23. The topological polar surface area (TPSA) is 75.7 Å². The zero-order chi connectivity index (χ0) is 22.9. The van der Waals surface area contributed by atoms with Gasteiger partial charge < -0.3 is 10.1 Å². The number of hydrogen-bond acceptors (Lipinski definition) is 4. The van der Waals surface area contributed by atoms with Gasteiger partial charge in [-0.15, -0.1) is 0 Å². The van der Waals surface area contributed by atoms with Gasteiger partial charge >= 0.3 is 0 Å². The first-order valence-corrected chi connectivity index (χ1v) is 10.6. The van der Waals surface area contributed by atoms with Gasteiger partial charge in [0.25, 0.3) is 11.8 Å². The lowest BCUT2D eigenvalue weighted by atomic mass is 10.1. The molecule has 1 aliphatic rings. The van der Waals surface area contributed by atoms with E-state index in [1.165, 1.54) is 6.92 Å². The van der Waals surface area contributed by atoms with Gasteiger partial charge in [-0.2, -0.15) is 0 Å². The van der Waals surface area contributed by atoms with E-state index in [0.29, 0.717) is 22.6 Å². The number of carbonyl (C=O) groups excluding carboxylic acids is 3. The number of hydrogen-bond donors (Lipinski definition) is 1. The molecule has 5 rings (SSSR count). The van der Waals surface area contributed by atoms with E-state index in [1.54, 1.807) is 48.5 Å². The predicted octanol–water partition coefficient (Wildman–Crippen LogP) is 5.26. The molecule has 0 aliphatic carbocycles. The number of benzene rings is 4. The lowest BCUT2D eigenvalue weighted by Crippen LogP contribution is -2.45. The summed E-state index contributed by atoms with van der Waals surface area (Å²) >= 11 is 0. The maximum absolute atomic E-state index is 12.8. The number of rotatable bonds is 5. The van der Waals surface area contributed by atoms with Crippen LogP contribution in [0.3, 0.4) is 0 Å². The van der Waals surface area contributed by atoms with Crippen LogP contribution < -0.4 is 10.1 Å². The zero-order valence-electron chi connectivity index (χ0n) is 17.8. The van der Waals surface area contributed by atoms with E-state index >= 15 is 0 Å². The van der Waals surface area contributed by atoms with Gasteiger partial charge in [-0.25, -0.2) is 0 Å². The van der Waals surface area contributed by atoms with Crippen molar-refractivity contribution in [1.82, 2.24) is 4.90 Å². The van der Waals surface area contributed by atoms with Crippen molar-refractivity contribution in [3.63, 3.8) is 0 Å². The SMILES string of the molecule is C[C@@H](C(=O)Nc1ccc(Oc2cccc3ccccc23)cc1)N1C(=O)c2ccccc2C1=O. The Morgan fingerprint density at radius 1 is 0.788 bits per heavy atom. The van der Waals surface area contributed by atoms with Crippen LogP contribution in [-0.2, 0) is 4.79 Å². The van der Waals surface area contributed by atoms with E-state index in [9.17, 15) is 14.4 Å². The number of nitrogens with one attached hydrogen (secondary N) is 1. The third-order valence-electron chi connectivity index (χ3n) is 5.69. The Morgan fingerprint density at radius 2 is 1.39 bits per heavy atom. The second-order valence-corrected chi connectivity index (χ2v) is 7.79. The molecular formula is C27H20N2O4. The Labute approximate surface area is 190 Å². The first-order valence-electron chi connectivity index (χ1n) is 10.6. The highest BCUT2D eigenvalue weighted by atomic mass is 16.5. The van der Waals surface area contributed by atoms with Gasteiger partial charge in [0, 0.05) is 11.1 Å². The second-order valence-electron chi connectivity index (χ2n) is 7.79. The number of fused-ring (bicyclic) bond motifs is 2. The number of anilines is 1. The second kappa shape index (κ2) is 8.24. The predicted molar refractivity (Wildman–Crippen MR) is 125 cm³/mol. The Kier molecular flexibility index (Phi) is 5.11. The number of carbonyl (C=O) groups is 3. The lowest BCUT2D eigenvalue weighted by Gasteiger charge is -2.21. The average molecular weight is 436 g/mol. The minimum Gasteiger partial charge on any atom is -0.457 e. The van der Waals surface area contributed by atoms with Gasteiger partial charge in [0.2, 0.25) is 5.91 Å². The fourth-order valence-corrected chi connectivity index (χ4v) is 3.94. The standard InChI is InChI=1S/C27H20N2O4/c1-17(29-26(31)22-10-4-5-11-23(22)27(29)32)25(30)28-19-13-15-20(16-14-19)33-24-12-6-8-18-7-2-3-9-21(18)24/h2-17H,1H3,(H,28,30)/t17-/m0/s1. The van der Waals surface area contributed by atoms with Crippen LogP contribution in [0.15, 0.2) is 91.0 Å². The number of nitrogens with zero attached hydrogens (tertiary/aromatic N) is 1. The largest absolute Gasteiger partial charge is 0.457 e. The van der Waals surface area contributed by atoms with E-state index in [2.05, 4.69) is 5.32 Å². The summed E-state index contributed by atoms with van der Waals surface area (Å²) in [6, 6.07) is 26.4. The molecule has 0 aromatic heterocycles. The normalized spacial score (nSPS) is 13.7. The molecule has 162 valence electrons. The molecule has 0 fully saturated rings. The monoisotopic (exact) mass is 436 g/mol. The fourth-order valence-electron chi connectivity index (χ4n) is 3.94. The van der Waals surface area contributed by atoms with Crippen molar-refractivity contribution < 1.29 is 19.1 Å². The van der Waals surface area contributed by atoms with E-state index in [1.807, 2.05) is 42.5 Å². The van der Waals surface area contributed by atoms with Gasteiger partial charge in [-0.3, -0.25) is 19.3 Å². The van der Waals surface area contributed by atoms with E-state index in [-0.39, 0.29) is 0 Å². The Balaban J connectivity index is 1.28. The summed E-state index contributed by atoms with van der Waals surface area (Å²) in [6.07, 6.45) is 0. The molecule has 3 amide bonds. The molecule has 4 aromatic rings. The third kappa shape index (κ3) is 3.72. The van der Waals surface area contributed by atoms with Crippen molar-refractivity contribution in [1.29, 1.82) is 0 Å². The van der Waals surface area contributed by atoms with Crippen LogP contribution in [0.5, 0.6) is 11.5 Å². The van der Waals surface area contributed by atoms with Gasteiger partial charge in [-0.1, -0.05) is 48.5 Å². The van der Waals surface area contributed by atoms with Crippen LogP contribution in [0, 0.1) is 0 Å². The first-order chi connectivity index (χ1) is 16.0. The maximum Gasteiger partial charge on any atom is 0.262 e. The number of ether oxygens (including phenoxy) is 1. The van der Waals surface area contributed by atoms with Gasteiger partial charge in [0.05, 0.1) is 11.1 Å². The summed E-state index contributed by atoms with van der Waals surface area (Å²) in [5.74, 6) is -0.0109. The molecule has 1 aliphatic heterocycles. The summed E-state index contributed by atoms with van der Waals surface area (Å²) in [7, 11) is 0. The molecule has 1 heterocycles. The van der Waals surface area contributed by atoms with Crippen molar-refractivity contribution in [2.45, 2.75) is 13.0 Å². The molecule has 1 atom stereocenters. The van der Waals surface area contributed by atoms with Crippen molar-refractivity contribution in [2.75, 3.05) is 5.32 Å². The zero-order valence-corrected chi connectivity index (χ0v) is 17.8. The van der Waals surface area contributed by atoms with Crippen molar-refractivity contribution in [3.8, 4) is 11.5 Å². The Bertz CT molecular complexity index is 1350. The van der Waals surface area contributed by atoms with Crippen LogP contribution in [0.1, 0.15) is 27.6 Å². The van der Waals surface area contributed by atoms with Crippen molar-refractivity contribution in [3.05, 3.63) is 102 Å². The maximum atomic E-state index is 12.8. The van der Waals surface area contributed by atoms with Crippen molar-refractivity contribution in [2.24, 2.45) is 0 Å². The average Bonchev–Trinajstić information content (AvgIpc) is 3.10. The molecule has 0 unspecified atom stereocenters. The molecule has 6 heteroatoms. The summed E-state index contributed by atoms with van der Waals surface area (Å²) in [6.45, 7) is 1.54. The fraction of sp³-hybridized carbons (Fsp3) is 0.0741. The molecule has 33 heavy (non-hydrogen) atoms. The smallest absolute Gasteiger partial charge is 0.262 e. The molecule has 1 N–H and O–H groups in total. The Hall–Kier alpha value is -4.45. The first kappa shape index (κ1) is 20.5. The van der Waals surface area contributed by atoms with Crippen LogP contribution in [0.25, 0.3) is 10.8 Å². The van der Waals surface area contributed by atoms with E-state index in [4.69, 9.17) is 4.74 Å². The lowest BCUT2D eigenvalue weighted by molar-refractivity contribution is -0.119. The van der Waals surface area contributed by atoms with Gasteiger partial charge in [0.1, 0.15) is 17.5 Å². The van der Waals surface area contributed by atoms with Crippen LogP contribution in [0.4, 0.5) is 5.69 Å². The van der Waals surface area contributed by atoms with Gasteiger partial charge in [0.15, 0.2) is 0 Å². The molecule has 0 saturated heterocycles. The minimum absolute atomic E-state index is 0.317. The Morgan fingerprint density at radius 3 is 2.09 bits per heavy atom. The van der Waals surface area contributed by atoms with Crippen LogP contribution in [0.2, 0.25) is 0 Å². The molecule has 0 spiro atoms. The molecule has 0 radical (unpaired) electrons. The molecule has 6 nitrogen and oxygen atoms in total. The van der Waals surface area contributed by atoms with Crippen LogP contribution >= 0.6 is 0 Å². The highest BCUT2D eigenvalue weighted by Crippen LogP contribution is 2.30. The van der Waals surface area contributed by atoms with Gasteiger partial charge in [-0.05, 0) is 54.8 Å². The summed E-state index contributed by atoms with van der Waals surface area (Å²) in [4.78, 5) is 39.0. The number of amides is 3. The highest BCUT2D eigenvalue weighted by Gasteiger charge is 2.40. The van der Waals surface area contributed by atoms with E-state index < -0.39 is 23.8 Å².